The topological polar surface area (TPSA) is 20.2 Å². The first-order valence-electron chi connectivity index (χ1n) is 7.03. The smallest absolute Gasteiger partial charge is 0.122 e. The van der Waals surface area contributed by atoms with Gasteiger partial charge in [0, 0.05) is 0 Å². The van der Waals surface area contributed by atoms with Gasteiger partial charge in [0.15, 0.2) is 0 Å². The summed E-state index contributed by atoms with van der Waals surface area (Å²) in [6.07, 6.45) is 4.98. The minimum absolute atomic E-state index is 0.570. The van der Waals surface area contributed by atoms with Crippen LogP contribution < -0.4 is 0 Å². The van der Waals surface area contributed by atoms with Crippen molar-refractivity contribution in [2.45, 2.75) is 66.7 Å². The highest BCUT2D eigenvalue weighted by atomic mass is 16.3. The molecule has 0 heterocycles. The Morgan fingerprint density at radius 3 is 1.00 bits per heavy atom. The highest BCUT2D eigenvalue weighted by Gasteiger charge is 2.18. The van der Waals surface area contributed by atoms with E-state index in [1.807, 2.05) is 0 Å². The van der Waals surface area contributed by atoms with Crippen molar-refractivity contribution in [1.82, 2.24) is 0 Å². The van der Waals surface area contributed by atoms with Crippen LogP contribution in [-0.2, 0) is 32.1 Å². The summed E-state index contributed by atoms with van der Waals surface area (Å²) in [7, 11) is 0. The van der Waals surface area contributed by atoms with Gasteiger partial charge in [-0.3, -0.25) is 0 Å². The Kier molecular flexibility index (Phi) is 5.04. The van der Waals surface area contributed by atoms with Crippen LogP contribution in [0.5, 0.6) is 5.75 Å². The van der Waals surface area contributed by atoms with Crippen LogP contribution in [0.1, 0.15) is 62.4 Å². The van der Waals surface area contributed by atoms with Crippen LogP contribution in [0.4, 0.5) is 0 Å². The maximum Gasteiger partial charge on any atom is 0.122 e. The Morgan fingerprint density at radius 2 is 0.765 bits per heavy atom. The predicted molar refractivity (Wildman–Crippen MR) is 75.0 cm³/mol. The molecule has 0 atom stereocenters. The standard InChI is InChI=1S/C16H26O/c1-6-11-12(7-2)14(9-4)16(17)15(10-5)13(11)8-3/h17H,6-10H2,1-5H3. The summed E-state index contributed by atoms with van der Waals surface area (Å²) < 4.78 is 0. The fourth-order valence-electron chi connectivity index (χ4n) is 3.06. The normalized spacial score (nSPS) is 10.9. The van der Waals surface area contributed by atoms with Gasteiger partial charge in [0.2, 0.25) is 0 Å². The lowest BCUT2D eigenvalue weighted by Gasteiger charge is -2.22. The summed E-state index contributed by atoms with van der Waals surface area (Å²) >= 11 is 0. The third-order valence-corrected chi connectivity index (χ3v) is 3.80. The van der Waals surface area contributed by atoms with Gasteiger partial charge < -0.3 is 5.11 Å². The predicted octanol–water partition coefficient (Wildman–Crippen LogP) is 4.20. The number of aromatic hydroxyl groups is 1. The average molecular weight is 234 g/mol. The van der Waals surface area contributed by atoms with E-state index in [2.05, 4.69) is 34.6 Å². The second kappa shape index (κ2) is 6.09. The molecule has 1 aromatic rings. The van der Waals surface area contributed by atoms with Gasteiger partial charge in [-0.15, -0.1) is 0 Å². The Balaban J connectivity index is 3.66. The number of phenolic OH excluding ortho intramolecular Hbond substituents is 1. The van der Waals surface area contributed by atoms with E-state index < -0.39 is 0 Å². The molecule has 0 aliphatic heterocycles. The number of phenols is 1. The van der Waals surface area contributed by atoms with Crippen molar-refractivity contribution >= 4 is 0 Å². The Morgan fingerprint density at radius 1 is 0.529 bits per heavy atom. The highest BCUT2D eigenvalue weighted by Crippen LogP contribution is 2.35. The fraction of sp³-hybridized carbons (Fsp3) is 0.625. The molecular weight excluding hydrogens is 208 g/mol. The number of hydrogen-bond acceptors (Lipinski definition) is 1. The van der Waals surface area contributed by atoms with E-state index in [0.29, 0.717) is 5.75 Å². The summed E-state index contributed by atoms with van der Waals surface area (Å²) in [4.78, 5) is 0. The summed E-state index contributed by atoms with van der Waals surface area (Å²) in [5, 5.41) is 10.4. The van der Waals surface area contributed by atoms with Crippen LogP contribution in [0, 0.1) is 0 Å². The minimum atomic E-state index is 0.570. The molecule has 0 amide bonds. The van der Waals surface area contributed by atoms with Crippen LogP contribution in [0.15, 0.2) is 0 Å². The minimum Gasteiger partial charge on any atom is -0.507 e. The number of rotatable bonds is 5. The fourth-order valence-corrected chi connectivity index (χ4v) is 3.06. The molecular formula is C16H26O. The molecule has 0 unspecified atom stereocenters. The molecule has 1 rings (SSSR count). The first-order valence-corrected chi connectivity index (χ1v) is 7.03. The second-order valence-corrected chi connectivity index (χ2v) is 4.51. The average Bonchev–Trinajstić information content (AvgIpc) is 2.36. The molecule has 0 saturated carbocycles. The monoisotopic (exact) mass is 234 g/mol. The third-order valence-electron chi connectivity index (χ3n) is 3.80. The van der Waals surface area contributed by atoms with E-state index in [9.17, 15) is 5.11 Å². The molecule has 0 bridgehead atoms. The summed E-state index contributed by atoms with van der Waals surface area (Å²) in [5.74, 6) is 0.570. The quantitative estimate of drug-likeness (QED) is 0.809. The number of benzene rings is 1. The number of hydrogen-bond donors (Lipinski definition) is 1. The lowest BCUT2D eigenvalue weighted by atomic mass is 9.85. The van der Waals surface area contributed by atoms with E-state index >= 15 is 0 Å². The van der Waals surface area contributed by atoms with Crippen molar-refractivity contribution in [3.63, 3.8) is 0 Å². The van der Waals surface area contributed by atoms with Crippen molar-refractivity contribution in [2.75, 3.05) is 0 Å². The van der Waals surface area contributed by atoms with Crippen LogP contribution in [-0.4, -0.2) is 5.11 Å². The van der Waals surface area contributed by atoms with Gasteiger partial charge in [-0.1, -0.05) is 34.6 Å². The van der Waals surface area contributed by atoms with Crippen molar-refractivity contribution in [1.29, 1.82) is 0 Å². The van der Waals surface area contributed by atoms with Crippen molar-refractivity contribution in [3.05, 3.63) is 27.8 Å². The lowest BCUT2D eigenvalue weighted by Crippen LogP contribution is -2.07. The van der Waals surface area contributed by atoms with E-state index in [1.165, 1.54) is 27.8 Å². The first-order chi connectivity index (χ1) is 8.15. The second-order valence-electron chi connectivity index (χ2n) is 4.51. The van der Waals surface area contributed by atoms with Gasteiger partial charge >= 0.3 is 0 Å². The lowest BCUT2D eigenvalue weighted by molar-refractivity contribution is 0.459. The Hall–Kier alpha value is -0.980. The zero-order valence-corrected chi connectivity index (χ0v) is 12.0. The molecule has 0 fully saturated rings. The van der Waals surface area contributed by atoms with E-state index in [1.54, 1.807) is 0 Å². The summed E-state index contributed by atoms with van der Waals surface area (Å²) in [6.45, 7) is 10.9. The maximum atomic E-state index is 10.4. The van der Waals surface area contributed by atoms with E-state index in [4.69, 9.17) is 0 Å². The molecule has 0 spiro atoms. The molecule has 0 aromatic heterocycles. The van der Waals surface area contributed by atoms with E-state index in [0.717, 1.165) is 32.1 Å². The summed E-state index contributed by atoms with van der Waals surface area (Å²) in [5.41, 5.74) is 6.63. The summed E-state index contributed by atoms with van der Waals surface area (Å²) in [6, 6.07) is 0. The molecule has 1 nitrogen and oxygen atoms in total. The van der Waals surface area contributed by atoms with Crippen LogP contribution in [0.25, 0.3) is 0 Å². The molecule has 96 valence electrons. The first kappa shape index (κ1) is 14.1. The molecule has 17 heavy (non-hydrogen) atoms. The Labute approximate surface area is 106 Å². The van der Waals surface area contributed by atoms with Crippen LogP contribution in [0.3, 0.4) is 0 Å². The van der Waals surface area contributed by atoms with Crippen molar-refractivity contribution < 1.29 is 5.11 Å². The van der Waals surface area contributed by atoms with Gasteiger partial charge in [0.1, 0.15) is 5.75 Å². The van der Waals surface area contributed by atoms with Gasteiger partial charge in [-0.25, -0.2) is 0 Å². The molecule has 0 aliphatic carbocycles. The SMILES string of the molecule is CCc1c(O)c(CC)c(CC)c(CC)c1CC. The zero-order chi connectivity index (χ0) is 13.0. The molecule has 1 N–H and O–H groups in total. The van der Waals surface area contributed by atoms with Crippen molar-refractivity contribution in [3.8, 4) is 5.75 Å². The zero-order valence-electron chi connectivity index (χ0n) is 12.0. The van der Waals surface area contributed by atoms with Crippen LogP contribution in [0.2, 0.25) is 0 Å². The molecule has 0 saturated heterocycles. The third kappa shape index (κ3) is 2.34. The maximum absolute atomic E-state index is 10.4. The molecule has 0 radical (unpaired) electrons. The molecule has 1 aromatic carbocycles. The highest BCUT2D eigenvalue weighted by molar-refractivity contribution is 5.55. The van der Waals surface area contributed by atoms with Crippen LogP contribution >= 0.6 is 0 Å². The van der Waals surface area contributed by atoms with Gasteiger partial charge in [0.25, 0.3) is 0 Å². The molecule has 0 aliphatic rings. The Bertz CT molecular complexity index is 358. The largest absolute Gasteiger partial charge is 0.507 e. The van der Waals surface area contributed by atoms with E-state index in [-0.39, 0.29) is 0 Å². The van der Waals surface area contributed by atoms with Gasteiger partial charge in [-0.2, -0.15) is 0 Å². The molecule has 1 heteroatoms. The van der Waals surface area contributed by atoms with Gasteiger partial charge in [0.05, 0.1) is 0 Å². The van der Waals surface area contributed by atoms with Gasteiger partial charge in [-0.05, 0) is 59.9 Å². The van der Waals surface area contributed by atoms with Crippen molar-refractivity contribution in [2.24, 2.45) is 0 Å².